The molecular formula is C13H24O7. The quantitative estimate of drug-likeness (QED) is 0.375. The summed E-state index contributed by atoms with van der Waals surface area (Å²) >= 11 is 0. The Hall–Kier alpha value is -1.18. The smallest absolute Gasteiger partial charge is 0.305 e. The van der Waals surface area contributed by atoms with Crippen molar-refractivity contribution in [2.75, 3.05) is 46.2 Å². The molecule has 20 heavy (non-hydrogen) atoms. The lowest BCUT2D eigenvalue weighted by molar-refractivity contribution is -0.145. The molecule has 7 nitrogen and oxygen atoms in total. The van der Waals surface area contributed by atoms with Gasteiger partial charge in [0.05, 0.1) is 46.1 Å². The summed E-state index contributed by atoms with van der Waals surface area (Å²) in [5, 5.41) is 8.36. The predicted molar refractivity (Wildman–Crippen MR) is 70.6 cm³/mol. The zero-order valence-electron chi connectivity index (χ0n) is 12.0. The van der Waals surface area contributed by atoms with E-state index >= 15 is 0 Å². The number of carbonyl (C=O) groups excluding carboxylic acids is 1. The van der Waals surface area contributed by atoms with Crippen LogP contribution in [0.5, 0.6) is 0 Å². The highest BCUT2D eigenvalue weighted by Crippen LogP contribution is 1.91. The van der Waals surface area contributed by atoms with Crippen molar-refractivity contribution in [3.05, 3.63) is 0 Å². The molecule has 1 N–H and O–H groups in total. The first-order valence-corrected chi connectivity index (χ1v) is 6.77. The van der Waals surface area contributed by atoms with Gasteiger partial charge in [0.15, 0.2) is 0 Å². The Kier molecular flexibility index (Phi) is 13.4. The van der Waals surface area contributed by atoms with Crippen LogP contribution in [0.2, 0.25) is 0 Å². The Bertz CT molecular complexity index is 255. The van der Waals surface area contributed by atoms with Crippen molar-refractivity contribution in [2.24, 2.45) is 0 Å². The second kappa shape index (κ2) is 14.2. The summed E-state index contributed by atoms with van der Waals surface area (Å²) in [7, 11) is 0. The number of carboxylic acids is 1. The molecule has 0 heterocycles. The number of hydrogen-bond donors (Lipinski definition) is 1. The van der Waals surface area contributed by atoms with Gasteiger partial charge in [0, 0.05) is 6.42 Å². The number of carboxylic acid groups (broad SMARTS) is 1. The monoisotopic (exact) mass is 292 g/mol. The number of ether oxygens (including phenoxy) is 4. The van der Waals surface area contributed by atoms with Gasteiger partial charge < -0.3 is 24.1 Å². The number of rotatable bonds is 14. The van der Waals surface area contributed by atoms with Crippen LogP contribution in [0.25, 0.3) is 0 Å². The first kappa shape index (κ1) is 18.8. The molecule has 0 aliphatic heterocycles. The largest absolute Gasteiger partial charge is 0.481 e. The Labute approximate surface area is 119 Å². The maximum absolute atomic E-state index is 11.0. The van der Waals surface area contributed by atoms with E-state index in [0.29, 0.717) is 39.5 Å². The van der Waals surface area contributed by atoms with Crippen molar-refractivity contribution in [3.8, 4) is 0 Å². The van der Waals surface area contributed by atoms with Crippen molar-refractivity contribution in [2.45, 2.75) is 26.2 Å². The number of aliphatic carboxylic acids is 1. The fraction of sp³-hybridized carbons (Fsp3) is 0.846. The summed E-state index contributed by atoms with van der Waals surface area (Å²) in [5.74, 6) is -1.08. The molecule has 0 fully saturated rings. The maximum Gasteiger partial charge on any atom is 0.305 e. The predicted octanol–water partition coefficient (Wildman–Crippen LogP) is 0.854. The highest BCUT2D eigenvalue weighted by atomic mass is 16.6. The number of hydrogen-bond acceptors (Lipinski definition) is 6. The third-order valence-electron chi connectivity index (χ3n) is 2.15. The van der Waals surface area contributed by atoms with Crippen molar-refractivity contribution in [3.63, 3.8) is 0 Å². The molecule has 0 amide bonds. The van der Waals surface area contributed by atoms with Gasteiger partial charge in [-0.1, -0.05) is 6.92 Å². The van der Waals surface area contributed by atoms with E-state index in [2.05, 4.69) is 0 Å². The van der Waals surface area contributed by atoms with Crippen LogP contribution in [-0.2, 0) is 28.5 Å². The fourth-order valence-electron chi connectivity index (χ4n) is 1.19. The van der Waals surface area contributed by atoms with Gasteiger partial charge >= 0.3 is 11.9 Å². The van der Waals surface area contributed by atoms with Crippen molar-refractivity contribution in [1.82, 2.24) is 0 Å². The van der Waals surface area contributed by atoms with E-state index in [1.165, 1.54) is 0 Å². The van der Waals surface area contributed by atoms with Gasteiger partial charge in [-0.25, -0.2) is 0 Å². The van der Waals surface area contributed by atoms with E-state index in [0.717, 1.165) is 6.42 Å². The van der Waals surface area contributed by atoms with Crippen LogP contribution >= 0.6 is 0 Å². The second-order valence-electron chi connectivity index (χ2n) is 3.95. The lowest BCUT2D eigenvalue weighted by atomic mass is 10.3. The van der Waals surface area contributed by atoms with Crippen molar-refractivity contribution in [1.29, 1.82) is 0 Å². The molecule has 0 radical (unpaired) electrons. The summed E-state index contributed by atoms with van der Waals surface area (Å²) in [6, 6.07) is 0. The molecule has 0 aliphatic rings. The lowest BCUT2D eigenvalue weighted by Gasteiger charge is -2.07. The standard InChI is InChI=1S/C13H24O7/c1-2-3-13(16)20-11-10-19-9-8-18-7-6-17-5-4-12(14)15/h2-11H2,1H3,(H,14,15). The molecule has 0 bridgehead atoms. The van der Waals surface area contributed by atoms with Gasteiger partial charge in [0.1, 0.15) is 6.61 Å². The minimum atomic E-state index is -0.876. The zero-order chi connectivity index (χ0) is 15.1. The molecule has 0 spiro atoms. The second-order valence-corrected chi connectivity index (χ2v) is 3.95. The Balaban J connectivity index is 3.06. The van der Waals surface area contributed by atoms with E-state index in [4.69, 9.17) is 24.1 Å². The van der Waals surface area contributed by atoms with Crippen LogP contribution in [0.3, 0.4) is 0 Å². The Morgan fingerprint density at radius 3 is 1.80 bits per heavy atom. The Morgan fingerprint density at radius 2 is 1.30 bits per heavy atom. The average Bonchev–Trinajstić information content (AvgIpc) is 2.40. The molecule has 0 aromatic rings. The van der Waals surface area contributed by atoms with Crippen LogP contribution in [0.4, 0.5) is 0 Å². The highest BCUT2D eigenvalue weighted by Gasteiger charge is 1.99. The summed E-state index contributed by atoms with van der Waals surface area (Å²) < 4.78 is 20.3. The third kappa shape index (κ3) is 14.9. The first-order valence-electron chi connectivity index (χ1n) is 6.77. The third-order valence-corrected chi connectivity index (χ3v) is 2.15. The van der Waals surface area contributed by atoms with Crippen molar-refractivity contribution < 1.29 is 33.6 Å². The van der Waals surface area contributed by atoms with E-state index in [9.17, 15) is 9.59 Å². The van der Waals surface area contributed by atoms with Crippen LogP contribution < -0.4 is 0 Å². The molecule has 0 aromatic heterocycles. The minimum Gasteiger partial charge on any atom is -0.481 e. The number of carbonyl (C=O) groups is 2. The first-order chi connectivity index (χ1) is 9.66. The SMILES string of the molecule is CCCC(=O)OCCOCCOCCOCCC(=O)O. The molecule has 0 saturated heterocycles. The summed E-state index contributed by atoms with van der Waals surface area (Å²) in [4.78, 5) is 21.2. The van der Waals surface area contributed by atoms with Crippen LogP contribution in [-0.4, -0.2) is 63.3 Å². The van der Waals surface area contributed by atoms with Crippen LogP contribution in [0.15, 0.2) is 0 Å². The van der Waals surface area contributed by atoms with E-state index < -0.39 is 5.97 Å². The molecule has 0 unspecified atom stereocenters. The molecule has 118 valence electrons. The summed E-state index contributed by atoms with van der Waals surface area (Å²) in [5.41, 5.74) is 0. The minimum absolute atomic E-state index is 0.000136. The van der Waals surface area contributed by atoms with E-state index in [1.54, 1.807) is 0 Å². The topological polar surface area (TPSA) is 91.3 Å². The normalized spacial score (nSPS) is 10.4. The average molecular weight is 292 g/mol. The molecular weight excluding hydrogens is 268 g/mol. The van der Waals surface area contributed by atoms with Gasteiger partial charge in [-0.15, -0.1) is 0 Å². The van der Waals surface area contributed by atoms with Crippen molar-refractivity contribution >= 4 is 11.9 Å². The lowest BCUT2D eigenvalue weighted by Crippen LogP contribution is -2.14. The van der Waals surface area contributed by atoms with Gasteiger partial charge in [-0.2, -0.15) is 0 Å². The molecule has 0 aromatic carbocycles. The molecule has 0 rings (SSSR count). The van der Waals surface area contributed by atoms with Gasteiger partial charge in [-0.3, -0.25) is 9.59 Å². The van der Waals surface area contributed by atoms with Crippen LogP contribution in [0, 0.1) is 0 Å². The summed E-state index contributed by atoms with van der Waals surface area (Å²) in [6.45, 7) is 4.33. The molecule has 0 saturated carbocycles. The van der Waals surface area contributed by atoms with E-state index in [-0.39, 0.29) is 25.6 Å². The molecule has 0 aliphatic carbocycles. The van der Waals surface area contributed by atoms with Crippen LogP contribution in [0.1, 0.15) is 26.2 Å². The van der Waals surface area contributed by atoms with Gasteiger partial charge in [-0.05, 0) is 6.42 Å². The van der Waals surface area contributed by atoms with E-state index in [1.807, 2.05) is 6.92 Å². The fourth-order valence-corrected chi connectivity index (χ4v) is 1.19. The number of esters is 1. The highest BCUT2D eigenvalue weighted by molar-refractivity contribution is 5.69. The Morgan fingerprint density at radius 1 is 0.800 bits per heavy atom. The molecule has 0 atom stereocenters. The summed E-state index contributed by atoms with van der Waals surface area (Å²) in [6.07, 6.45) is 1.22. The molecule has 7 heteroatoms. The maximum atomic E-state index is 11.0. The zero-order valence-corrected chi connectivity index (χ0v) is 12.0. The van der Waals surface area contributed by atoms with Gasteiger partial charge in [0.2, 0.25) is 0 Å². The van der Waals surface area contributed by atoms with Gasteiger partial charge in [0.25, 0.3) is 0 Å².